The summed E-state index contributed by atoms with van der Waals surface area (Å²) in [4.78, 5) is 16.7. The Morgan fingerprint density at radius 2 is 1.55 bits per heavy atom. The number of nitrogens with zero attached hydrogens (tertiary/aromatic N) is 1. The number of aliphatic hydroxyl groups excluding tert-OH is 1. The van der Waals surface area contributed by atoms with E-state index < -0.39 is 12.4 Å². The van der Waals surface area contributed by atoms with Crippen molar-refractivity contribution in [2.75, 3.05) is 12.4 Å². The zero-order valence-corrected chi connectivity index (χ0v) is 26.6. The summed E-state index contributed by atoms with van der Waals surface area (Å²) in [6, 6.07) is 35.6. The lowest BCUT2D eigenvalue weighted by Gasteiger charge is -2.36. The van der Waals surface area contributed by atoms with Gasteiger partial charge in [-0.25, -0.2) is 9.78 Å². The van der Waals surface area contributed by atoms with Gasteiger partial charge in [-0.05, 0) is 16.7 Å². The third kappa shape index (κ3) is 8.38. The van der Waals surface area contributed by atoms with Crippen LogP contribution in [0.2, 0.25) is 0 Å². The molecule has 47 heavy (non-hydrogen) atoms. The van der Waals surface area contributed by atoms with Gasteiger partial charge in [0, 0.05) is 35.4 Å². The van der Waals surface area contributed by atoms with Crippen LogP contribution in [-0.2, 0) is 27.4 Å². The second kappa shape index (κ2) is 15.8. The van der Waals surface area contributed by atoms with Crippen LogP contribution in [0.25, 0.3) is 22.6 Å². The van der Waals surface area contributed by atoms with Gasteiger partial charge in [-0.15, -0.1) is 0 Å². The smallest absolute Gasteiger partial charge is 0.407 e. The van der Waals surface area contributed by atoms with Gasteiger partial charge in [-0.2, -0.15) is 0 Å². The minimum absolute atomic E-state index is 0.0178. The van der Waals surface area contributed by atoms with Crippen LogP contribution in [0.1, 0.15) is 41.1 Å². The van der Waals surface area contributed by atoms with Gasteiger partial charge >= 0.3 is 6.09 Å². The molecule has 1 saturated heterocycles. The van der Waals surface area contributed by atoms with E-state index in [1.165, 1.54) is 17.8 Å². The molecule has 1 fully saturated rings. The highest BCUT2D eigenvalue weighted by Crippen LogP contribution is 2.41. The quantitative estimate of drug-likeness (QED) is 0.103. The number of alkyl carbamates (subject to hydrolysis) is 1. The average molecular weight is 649 g/mol. The first kappa shape index (κ1) is 32.3. The lowest BCUT2D eigenvalue weighted by Crippen LogP contribution is -2.31. The Labute approximate surface area is 278 Å². The monoisotopic (exact) mass is 648 g/mol. The lowest BCUT2D eigenvalue weighted by atomic mass is 10.0. The van der Waals surface area contributed by atoms with E-state index in [-0.39, 0.29) is 25.4 Å². The van der Waals surface area contributed by atoms with Gasteiger partial charge in [-0.1, -0.05) is 134 Å². The molecule has 1 aromatic heterocycles. The number of amides is 1. The number of aromatic nitrogens is 1. The first-order chi connectivity index (χ1) is 23.1. The number of thioether (sulfide) groups is 1. The normalized spacial score (nSPS) is 17.6. The Morgan fingerprint density at radius 3 is 2.23 bits per heavy atom. The number of carbonyl (C=O) groups is 1. The van der Waals surface area contributed by atoms with E-state index in [2.05, 4.69) is 11.9 Å². The topological polar surface area (TPSA) is 103 Å². The molecule has 0 aliphatic carbocycles. The summed E-state index contributed by atoms with van der Waals surface area (Å²) in [5.41, 5.74) is 6.39. The van der Waals surface area contributed by atoms with Crippen LogP contribution in [0.4, 0.5) is 4.79 Å². The predicted molar refractivity (Wildman–Crippen MR) is 181 cm³/mol. The van der Waals surface area contributed by atoms with Crippen molar-refractivity contribution >= 4 is 17.9 Å². The molecule has 2 heterocycles. The molecule has 0 radical (unpaired) electrons. The van der Waals surface area contributed by atoms with E-state index in [4.69, 9.17) is 23.6 Å². The molecule has 0 spiro atoms. The maximum atomic E-state index is 11.8. The number of oxazole rings is 1. The van der Waals surface area contributed by atoms with Gasteiger partial charge in [0.25, 0.3) is 5.22 Å². The van der Waals surface area contributed by atoms with Gasteiger partial charge in [0.15, 0.2) is 12.1 Å². The zero-order valence-electron chi connectivity index (χ0n) is 25.8. The zero-order chi connectivity index (χ0) is 32.4. The maximum absolute atomic E-state index is 11.8. The van der Waals surface area contributed by atoms with Crippen LogP contribution in [-0.4, -0.2) is 34.6 Å². The van der Waals surface area contributed by atoms with E-state index in [9.17, 15) is 9.90 Å². The highest BCUT2D eigenvalue weighted by atomic mass is 32.2. The Morgan fingerprint density at radius 1 is 0.894 bits per heavy atom. The Bertz CT molecular complexity index is 1690. The van der Waals surface area contributed by atoms with Crippen molar-refractivity contribution in [3.8, 4) is 22.6 Å². The summed E-state index contributed by atoms with van der Waals surface area (Å²) in [6.07, 6.45) is 0.649. The molecule has 2 N–H and O–H groups in total. The van der Waals surface area contributed by atoms with E-state index in [0.29, 0.717) is 23.9 Å². The molecule has 6 rings (SSSR count). The molecule has 5 aromatic rings. The largest absolute Gasteiger partial charge is 0.445 e. The van der Waals surface area contributed by atoms with Crippen molar-refractivity contribution in [1.29, 1.82) is 0 Å². The molecule has 1 aliphatic rings. The molecule has 4 aromatic carbocycles. The van der Waals surface area contributed by atoms with Crippen molar-refractivity contribution in [2.24, 2.45) is 0 Å². The molecule has 1 aliphatic heterocycles. The van der Waals surface area contributed by atoms with Crippen molar-refractivity contribution < 1.29 is 28.5 Å². The Balaban J connectivity index is 1.19. The fraction of sp³-hybridized carbons (Fsp3) is 0.211. The van der Waals surface area contributed by atoms with Crippen LogP contribution in [0, 0.1) is 0 Å². The first-order valence-electron chi connectivity index (χ1n) is 15.4. The summed E-state index contributed by atoms with van der Waals surface area (Å²) >= 11 is 1.52. The third-order valence-electron chi connectivity index (χ3n) is 7.72. The average Bonchev–Trinajstić information content (AvgIpc) is 3.57. The van der Waals surface area contributed by atoms with E-state index in [0.717, 1.165) is 44.8 Å². The van der Waals surface area contributed by atoms with E-state index in [1.807, 2.05) is 109 Å². The number of nitrogens with one attached hydrogen (secondary N) is 1. The van der Waals surface area contributed by atoms with Gasteiger partial charge in [-0.3, -0.25) is 0 Å². The van der Waals surface area contributed by atoms with Crippen LogP contribution < -0.4 is 5.32 Å². The second-order valence-electron chi connectivity index (χ2n) is 11.0. The highest BCUT2D eigenvalue weighted by Gasteiger charge is 2.33. The number of carbonyl (C=O) groups excluding carboxylic acids is 1. The number of benzene rings is 4. The van der Waals surface area contributed by atoms with Crippen molar-refractivity contribution in [3.63, 3.8) is 0 Å². The van der Waals surface area contributed by atoms with Gasteiger partial charge in [0.2, 0.25) is 0 Å². The number of ether oxygens (including phenoxy) is 3. The third-order valence-corrected chi connectivity index (χ3v) is 8.68. The molecule has 0 saturated carbocycles. The molecule has 240 valence electrons. The maximum Gasteiger partial charge on any atom is 0.407 e. The summed E-state index contributed by atoms with van der Waals surface area (Å²) in [5, 5.41) is 12.8. The molecule has 1 amide bonds. The predicted octanol–water partition coefficient (Wildman–Crippen LogP) is 8.25. The fourth-order valence-electron chi connectivity index (χ4n) is 5.28. The molecular weight excluding hydrogens is 612 g/mol. The van der Waals surface area contributed by atoms with E-state index >= 15 is 0 Å². The summed E-state index contributed by atoms with van der Waals surface area (Å²) in [5.74, 6) is 1.33. The number of rotatable bonds is 12. The van der Waals surface area contributed by atoms with Crippen LogP contribution in [0.15, 0.2) is 131 Å². The molecule has 9 heteroatoms. The van der Waals surface area contributed by atoms with Crippen LogP contribution >= 0.6 is 11.8 Å². The minimum Gasteiger partial charge on any atom is -0.445 e. The van der Waals surface area contributed by atoms with Crippen molar-refractivity contribution in [1.82, 2.24) is 10.3 Å². The molecule has 8 nitrogen and oxygen atoms in total. The van der Waals surface area contributed by atoms with Gasteiger partial charge in [0.05, 0.1) is 18.8 Å². The SMILES string of the molecule is C=CCOC(=O)NCc1ccc(C2OC(CSc3nc(-c4ccccc4)c(-c4ccccc4)o3)CC(c3ccc(CO)cc3)O2)cc1. The Kier molecular flexibility index (Phi) is 10.8. The molecule has 3 atom stereocenters. The standard InChI is InChI=1S/C38H36N2O6S/c1-2-21-43-37(42)39-23-26-13-19-31(20-14-26)36-44-32(22-33(45-36)28-17-15-27(24-41)16-18-28)25-47-38-40-34(29-9-5-3-6-10-29)35(46-38)30-11-7-4-8-12-30/h2-20,32-33,36,41H,1,21-25H2,(H,39,42). The van der Waals surface area contributed by atoms with Gasteiger partial charge in [0.1, 0.15) is 12.3 Å². The molecule has 0 bridgehead atoms. The molecule has 3 unspecified atom stereocenters. The van der Waals surface area contributed by atoms with E-state index in [1.54, 1.807) is 0 Å². The number of hydrogen-bond acceptors (Lipinski definition) is 8. The summed E-state index contributed by atoms with van der Waals surface area (Å²) in [7, 11) is 0. The lowest BCUT2D eigenvalue weighted by molar-refractivity contribution is -0.245. The highest BCUT2D eigenvalue weighted by molar-refractivity contribution is 7.99. The van der Waals surface area contributed by atoms with Crippen molar-refractivity contribution in [2.45, 2.75) is 43.3 Å². The van der Waals surface area contributed by atoms with Crippen LogP contribution in [0.3, 0.4) is 0 Å². The number of hydrogen-bond donors (Lipinski definition) is 2. The van der Waals surface area contributed by atoms with Crippen molar-refractivity contribution in [3.05, 3.63) is 144 Å². The molecular formula is C38H36N2O6S. The Hall–Kier alpha value is -4.67. The minimum atomic E-state index is -0.610. The number of aliphatic hydroxyl groups is 1. The fourth-order valence-corrected chi connectivity index (χ4v) is 6.12. The second-order valence-corrected chi connectivity index (χ2v) is 12.0. The summed E-state index contributed by atoms with van der Waals surface area (Å²) < 4.78 is 24.4. The van der Waals surface area contributed by atoms with Gasteiger partial charge < -0.3 is 29.1 Å². The first-order valence-corrected chi connectivity index (χ1v) is 16.4. The van der Waals surface area contributed by atoms with Crippen LogP contribution in [0.5, 0.6) is 0 Å². The summed E-state index contributed by atoms with van der Waals surface area (Å²) in [6.45, 7) is 4.01.